The molecule has 1 aromatic heterocycles. The summed E-state index contributed by atoms with van der Waals surface area (Å²) in [6, 6.07) is 7.97. The molecule has 5 heteroatoms. The lowest BCUT2D eigenvalue weighted by molar-refractivity contribution is 0.455. The smallest absolute Gasteiger partial charge is 0.235 e. The highest BCUT2D eigenvalue weighted by Gasteiger charge is 2.35. The van der Waals surface area contributed by atoms with Gasteiger partial charge in [-0.25, -0.2) is 9.48 Å². The average molecular weight is 332 g/mol. The van der Waals surface area contributed by atoms with Crippen molar-refractivity contribution in [1.82, 2.24) is 9.78 Å². The molecule has 2 aromatic rings. The number of isocyanates is 1. The third-order valence-electron chi connectivity index (χ3n) is 3.93. The number of halogens is 1. The Morgan fingerprint density at radius 2 is 2.15 bits per heavy atom. The fourth-order valence-electron chi connectivity index (χ4n) is 2.91. The van der Waals surface area contributed by atoms with E-state index in [4.69, 9.17) is 0 Å². The van der Waals surface area contributed by atoms with E-state index >= 15 is 0 Å². The van der Waals surface area contributed by atoms with Gasteiger partial charge in [-0.3, -0.25) is 0 Å². The van der Waals surface area contributed by atoms with Crippen LogP contribution in [0.2, 0.25) is 0 Å². The lowest BCUT2D eigenvalue weighted by Crippen LogP contribution is -2.19. The second-order valence-electron chi connectivity index (χ2n) is 5.06. The minimum absolute atomic E-state index is 0.382. The third-order valence-corrected chi connectivity index (χ3v) is 4.56. The van der Waals surface area contributed by atoms with Crippen molar-refractivity contribution in [2.75, 3.05) is 0 Å². The Labute approximate surface area is 125 Å². The standard InChI is InChI=1S/C15H14BrN3O/c16-13-10-12(15(17-11-20)6-1-2-7-15)4-5-14(13)19-9-3-8-18-19/h3-5,8-10H,1-2,6-7H2. The molecule has 0 amide bonds. The van der Waals surface area contributed by atoms with E-state index in [1.165, 1.54) is 0 Å². The molecule has 1 aliphatic carbocycles. The monoisotopic (exact) mass is 331 g/mol. The zero-order chi connectivity index (χ0) is 14.0. The summed E-state index contributed by atoms with van der Waals surface area (Å²) in [5.41, 5.74) is 1.66. The summed E-state index contributed by atoms with van der Waals surface area (Å²) in [5.74, 6) is 0. The Balaban J connectivity index is 2.04. The molecule has 0 spiro atoms. The van der Waals surface area contributed by atoms with Gasteiger partial charge in [-0.15, -0.1) is 0 Å². The lowest BCUT2D eigenvalue weighted by atomic mass is 9.89. The predicted molar refractivity (Wildman–Crippen MR) is 79.5 cm³/mol. The van der Waals surface area contributed by atoms with Crippen LogP contribution in [0.25, 0.3) is 5.69 Å². The van der Waals surface area contributed by atoms with Gasteiger partial charge in [0.2, 0.25) is 6.08 Å². The summed E-state index contributed by atoms with van der Waals surface area (Å²) < 4.78 is 2.75. The van der Waals surface area contributed by atoms with Crippen LogP contribution < -0.4 is 0 Å². The SMILES string of the molecule is O=C=NC1(c2ccc(-n3cccn3)c(Br)c2)CCCC1. The van der Waals surface area contributed by atoms with E-state index in [-0.39, 0.29) is 5.54 Å². The fourth-order valence-corrected chi connectivity index (χ4v) is 3.47. The molecule has 1 saturated carbocycles. The maximum atomic E-state index is 10.8. The molecule has 4 nitrogen and oxygen atoms in total. The molecule has 0 aliphatic heterocycles. The van der Waals surface area contributed by atoms with Crippen LogP contribution in [0.15, 0.2) is 46.1 Å². The van der Waals surface area contributed by atoms with Crippen molar-refractivity contribution in [3.05, 3.63) is 46.7 Å². The zero-order valence-corrected chi connectivity index (χ0v) is 12.5. The molecule has 1 aliphatic rings. The minimum Gasteiger partial charge on any atom is -0.240 e. The Morgan fingerprint density at radius 1 is 1.35 bits per heavy atom. The van der Waals surface area contributed by atoms with Crippen LogP contribution in [-0.2, 0) is 10.3 Å². The van der Waals surface area contributed by atoms with Crippen molar-refractivity contribution in [1.29, 1.82) is 0 Å². The Bertz CT molecular complexity index is 654. The number of hydrogen-bond acceptors (Lipinski definition) is 3. The van der Waals surface area contributed by atoms with Crippen LogP contribution >= 0.6 is 15.9 Å². The van der Waals surface area contributed by atoms with E-state index in [1.807, 2.05) is 30.5 Å². The van der Waals surface area contributed by atoms with E-state index < -0.39 is 0 Å². The molecule has 0 radical (unpaired) electrons. The molecule has 3 rings (SSSR count). The van der Waals surface area contributed by atoms with Crippen molar-refractivity contribution >= 4 is 22.0 Å². The van der Waals surface area contributed by atoms with Gasteiger partial charge in [0.25, 0.3) is 0 Å². The molecule has 0 N–H and O–H groups in total. The predicted octanol–water partition coefficient (Wildman–Crippen LogP) is 3.74. The first-order valence-corrected chi connectivity index (χ1v) is 7.44. The molecular formula is C15H14BrN3O. The molecule has 1 fully saturated rings. The molecule has 1 aromatic carbocycles. The highest BCUT2D eigenvalue weighted by molar-refractivity contribution is 9.10. The van der Waals surface area contributed by atoms with E-state index in [0.29, 0.717) is 0 Å². The van der Waals surface area contributed by atoms with Crippen molar-refractivity contribution in [3.63, 3.8) is 0 Å². The first kappa shape index (κ1) is 13.3. The Kier molecular flexibility index (Phi) is 3.55. The molecule has 0 unspecified atom stereocenters. The summed E-state index contributed by atoms with van der Waals surface area (Å²) in [6.07, 6.45) is 9.42. The largest absolute Gasteiger partial charge is 0.240 e. The van der Waals surface area contributed by atoms with Crippen LogP contribution in [-0.4, -0.2) is 15.9 Å². The molecular weight excluding hydrogens is 318 g/mol. The quantitative estimate of drug-likeness (QED) is 0.635. The Hall–Kier alpha value is -1.71. The summed E-state index contributed by atoms with van der Waals surface area (Å²) in [4.78, 5) is 14.9. The zero-order valence-electron chi connectivity index (χ0n) is 10.9. The van der Waals surface area contributed by atoms with Gasteiger partial charge in [-0.2, -0.15) is 10.1 Å². The summed E-state index contributed by atoms with van der Waals surface area (Å²) in [7, 11) is 0. The van der Waals surface area contributed by atoms with Gasteiger partial charge in [0.15, 0.2) is 0 Å². The van der Waals surface area contributed by atoms with Crippen LogP contribution in [0.5, 0.6) is 0 Å². The van der Waals surface area contributed by atoms with Crippen molar-refractivity contribution in [2.24, 2.45) is 4.99 Å². The summed E-state index contributed by atoms with van der Waals surface area (Å²) in [5, 5.41) is 4.23. The Morgan fingerprint density at radius 3 is 2.75 bits per heavy atom. The number of nitrogens with zero attached hydrogens (tertiary/aromatic N) is 3. The van der Waals surface area contributed by atoms with Gasteiger partial charge >= 0.3 is 0 Å². The van der Waals surface area contributed by atoms with Gasteiger partial charge < -0.3 is 0 Å². The second-order valence-corrected chi connectivity index (χ2v) is 5.91. The van der Waals surface area contributed by atoms with Crippen molar-refractivity contribution < 1.29 is 4.79 Å². The van der Waals surface area contributed by atoms with Crippen LogP contribution in [0.1, 0.15) is 31.2 Å². The van der Waals surface area contributed by atoms with E-state index in [2.05, 4.69) is 26.0 Å². The van der Waals surface area contributed by atoms with Crippen LogP contribution in [0, 0.1) is 0 Å². The molecule has 0 bridgehead atoms. The number of aromatic nitrogens is 2. The van der Waals surface area contributed by atoms with Crippen LogP contribution in [0.3, 0.4) is 0 Å². The highest BCUT2D eigenvalue weighted by atomic mass is 79.9. The van der Waals surface area contributed by atoms with Crippen molar-refractivity contribution in [3.8, 4) is 5.69 Å². The van der Waals surface area contributed by atoms with Gasteiger partial charge in [0.05, 0.1) is 11.2 Å². The maximum absolute atomic E-state index is 10.8. The molecule has 1 heterocycles. The van der Waals surface area contributed by atoms with Gasteiger partial charge in [0.1, 0.15) is 0 Å². The van der Waals surface area contributed by atoms with Gasteiger partial charge in [-0.05, 0) is 52.5 Å². The molecule has 0 atom stereocenters. The first-order chi connectivity index (χ1) is 9.75. The fraction of sp³-hybridized carbons (Fsp3) is 0.333. The third kappa shape index (κ3) is 2.23. The van der Waals surface area contributed by atoms with Crippen molar-refractivity contribution in [2.45, 2.75) is 31.2 Å². The van der Waals surface area contributed by atoms with E-state index in [9.17, 15) is 4.79 Å². The molecule has 0 saturated heterocycles. The highest BCUT2D eigenvalue weighted by Crippen LogP contribution is 2.43. The molecule has 102 valence electrons. The second kappa shape index (κ2) is 5.35. The van der Waals surface area contributed by atoms with Crippen LogP contribution in [0.4, 0.5) is 0 Å². The number of benzene rings is 1. The maximum Gasteiger partial charge on any atom is 0.235 e. The van der Waals surface area contributed by atoms with E-state index in [1.54, 1.807) is 17.0 Å². The number of carbonyl (C=O) groups excluding carboxylic acids is 1. The lowest BCUT2D eigenvalue weighted by Gasteiger charge is -2.23. The molecule has 20 heavy (non-hydrogen) atoms. The normalized spacial score (nSPS) is 16.9. The number of hydrogen-bond donors (Lipinski definition) is 0. The number of aliphatic imine (C=N–C) groups is 1. The van der Waals surface area contributed by atoms with Gasteiger partial charge in [-0.1, -0.05) is 18.9 Å². The minimum atomic E-state index is -0.382. The summed E-state index contributed by atoms with van der Waals surface area (Å²) in [6.45, 7) is 0. The number of rotatable bonds is 3. The average Bonchev–Trinajstić information content (AvgIpc) is 3.10. The topological polar surface area (TPSA) is 47.2 Å². The summed E-state index contributed by atoms with van der Waals surface area (Å²) >= 11 is 3.59. The first-order valence-electron chi connectivity index (χ1n) is 6.64. The van der Waals surface area contributed by atoms with Gasteiger partial charge in [0, 0.05) is 16.9 Å². The van der Waals surface area contributed by atoms with E-state index in [0.717, 1.165) is 41.4 Å².